The number of ketones is 1. The summed E-state index contributed by atoms with van der Waals surface area (Å²) in [7, 11) is 0. The van der Waals surface area contributed by atoms with Crippen LogP contribution in [0.15, 0.2) is 48.5 Å². The summed E-state index contributed by atoms with van der Waals surface area (Å²) in [5.41, 5.74) is 3.36. The minimum atomic E-state index is -0.126. The predicted octanol–water partition coefficient (Wildman–Crippen LogP) is 4.06. The molecule has 0 aliphatic carbocycles. The minimum absolute atomic E-state index is 0.00334. The van der Waals surface area contributed by atoms with Gasteiger partial charge in [-0.3, -0.25) is 9.59 Å². The van der Waals surface area contributed by atoms with Crippen molar-refractivity contribution in [2.75, 3.05) is 17.2 Å². The first-order valence-corrected chi connectivity index (χ1v) is 7.70. The number of carbonyl (C=O) groups excluding carboxylic acids is 2. The third-order valence-electron chi connectivity index (χ3n) is 3.56. The maximum absolute atomic E-state index is 12.0. The second-order valence-corrected chi connectivity index (χ2v) is 5.82. The number of hydrogen-bond donors (Lipinski definition) is 2. The minimum Gasteiger partial charge on any atom is -0.376 e. The monoisotopic (exact) mass is 310 g/mol. The molecule has 0 atom stereocenters. The van der Waals surface area contributed by atoms with Gasteiger partial charge in [-0.15, -0.1) is 0 Å². The summed E-state index contributed by atoms with van der Waals surface area (Å²) in [5.74, 6) is 0.294. The Morgan fingerprint density at radius 2 is 1.70 bits per heavy atom. The summed E-state index contributed by atoms with van der Waals surface area (Å²) >= 11 is 0. The lowest BCUT2D eigenvalue weighted by Gasteiger charge is -2.11. The topological polar surface area (TPSA) is 58.2 Å². The number of amides is 1. The third-order valence-corrected chi connectivity index (χ3v) is 3.56. The zero-order valence-corrected chi connectivity index (χ0v) is 13.7. The highest BCUT2D eigenvalue weighted by Gasteiger charge is 2.06. The molecule has 2 N–H and O–H groups in total. The molecule has 0 fully saturated rings. The van der Waals surface area contributed by atoms with Crippen LogP contribution in [0.3, 0.4) is 0 Å². The van der Waals surface area contributed by atoms with Gasteiger partial charge in [0.25, 0.3) is 0 Å². The fourth-order valence-electron chi connectivity index (χ4n) is 2.21. The molecule has 0 aromatic heterocycles. The normalized spacial score (nSPS) is 10.4. The Labute approximate surface area is 136 Å². The molecule has 2 rings (SSSR count). The van der Waals surface area contributed by atoms with Crippen LogP contribution >= 0.6 is 0 Å². The highest BCUT2D eigenvalue weighted by Crippen LogP contribution is 2.18. The maximum Gasteiger partial charge on any atom is 0.243 e. The van der Waals surface area contributed by atoms with Gasteiger partial charge in [0.15, 0.2) is 5.78 Å². The SMILES string of the molecule is CC(=O)c1cccc(NCC(=O)Nc2cccc(C(C)C)c2)c1. The van der Waals surface area contributed by atoms with Crippen molar-refractivity contribution in [1.82, 2.24) is 0 Å². The van der Waals surface area contributed by atoms with Crippen LogP contribution < -0.4 is 10.6 Å². The largest absolute Gasteiger partial charge is 0.376 e. The fourth-order valence-corrected chi connectivity index (χ4v) is 2.21. The smallest absolute Gasteiger partial charge is 0.243 e. The molecule has 0 saturated heterocycles. The van der Waals surface area contributed by atoms with Crippen molar-refractivity contribution in [2.24, 2.45) is 0 Å². The van der Waals surface area contributed by atoms with Crippen LogP contribution in [0.2, 0.25) is 0 Å². The number of benzene rings is 2. The molecule has 0 spiro atoms. The molecule has 0 unspecified atom stereocenters. The van der Waals surface area contributed by atoms with Gasteiger partial charge in [0.1, 0.15) is 0 Å². The van der Waals surface area contributed by atoms with E-state index < -0.39 is 0 Å². The lowest BCUT2D eigenvalue weighted by atomic mass is 10.0. The lowest BCUT2D eigenvalue weighted by Crippen LogP contribution is -2.21. The van der Waals surface area contributed by atoms with E-state index in [0.29, 0.717) is 11.5 Å². The molecular formula is C19H22N2O2. The van der Waals surface area contributed by atoms with Gasteiger partial charge >= 0.3 is 0 Å². The lowest BCUT2D eigenvalue weighted by molar-refractivity contribution is -0.114. The van der Waals surface area contributed by atoms with Crippen molar-refractivity contribution in [1.29, 1.82) is 0 Å². The van der Waals surface area contributed by atoms with Crippen LogP contribution in [0.4, 0.5) is 11.4 Å². The van der Waals surface area contributed by atoms with Crippen molar-refractivity contribution < 1.29 is 9.59 Å². The number of rotatable bonds is 6. The second kappa shape index (κ2) is 7.58. The van der Waals surface area contributed by atoms with E-state index in [9.17, 15) is 9.59 Å². The molecule has 1 amide bonds. The van der Waals surface area contributed by atoms with Gasteiger partial charge in [0.05, 0.1) is 6.54 Å². The molecule has 0 bridgehead atoms. The number of hydrogen-bond acceptors (Lipinski definition) is 3. The zero-order valence-electron chi connectivity index (χ0n) is 13.7. The molecule has 23 heavy (non-hydrogen) atoms. The fraction of sp³-hybridized carbons (Fsp3) is 0.263. The van der Waals surface area contributed by atoms with E-state index in [0.717, 1.165) is 11.4 Å². The van der Waals surface area contributed by atoms with Gasteiger partial charge in [-0.05, 0) is 42.7 Å². The molecule has 0 aliphatic heterocycles. The van der Waals surface area contributed by atoms with E-state index in [1.807, 2.05) is 30.3 Å². The number of nitrogens with one attached hydrogen (secondary N) is 2. The first kappa shape index (κ1) is 16.7. The van der Waals surface area contributed by atoms with Gasteiger partial charge in [0.2, 0.25) is 5.91 Å². The average molecular weight is 310 g/mol. The van der Waals surface area contributed by atoms with Gasteiger partial charge in [-0.25, -0.2) is 0 Å². The van der Waals surface area contributed by atoms with Gasteiger partial charge in [-0.1, -0.05) is 38.1 Å². The Kier molecular flexibility index (Phi) is 5.52. The highest BCUT2D eigenvalue weighted by atomic mass is 16.2. The van der Waals surface area contributed by atoms with E-state index in [4.69, 9.17) is 0 Å². The molecule has 0 radical (unpaired) electrons. The van der Waals surface area contributed by atoms with Crippen molar-refractivity contribution in [2.45, 2.75) is 26.7 Å². The first-order valence-electron chi connectivity index (χ1n) is 7.70. The molecule has 4 heteroatoms. The summed E-state index contributed by atoms with van der Waals surface area (Å²) in [5, 5.41) is 5.91. The Morgan fingerprint density at radius 1 is 1.00 bits per heavy atom. The Bertz CT molecular complexity index is 708. The van der Waals surface area contributed by atoms with Crippen LogP contribution in [-0.2, 0) is 4.79 Å². The maximum atomic E-state index is 12.0. The highest BCUT2D eigenvalue weighted by molar-refractivity contribution is 5.96. The van der Waals surface area contributed by atoms with E-state index in [-0.39, 0.29) is 18.2 Å². The summed E-state index contributed by atoms with van der Waals surface area (Å²) in [6.45, 7) is 5.90. The molecule has 0 heterocycles. The summed E-state index contributed by atoms with van der Waals surface area (Å²) < 4.78 is 0. The quantitative estimate of drug-likeness (QED) is 0.791. The third kappa shape index (κ3) is 4.95. The molecule has 4 nitrogen and oxygen atoms in total. The van der Waals surface area contributed by atoms with E-state index in [2.05, 4.69) is 24.5 Å². The standard InChI is InChI=1S/C19H22N2O2/c1-13(2)15-6-4-9-18(10-15)21-19(23)12-20-17-8-5-7-16(11-17)14(3)22/h4-11,13,20H,12H2,1-3H3,(H,21,23). The van der Waals surface area contributed by atoms with E-state index in [1.165, 1.54) is 12.5 Å². The summed E-state index contributed by atoms with van der Waals surface area (Å²) in [6.07, 6.45) is 0. The molecule has 2 aromatic carbocycles. The number of Topliss-reactive ketones (excluding diaryl/α,β-unsaturated/α-hetero) is 1. The molecule has 120 valence electrons. The van der Waals surface area contributed by atoms with Crippen molar-refractivity contribution in [3.8, 4) is 0 Å². The van der Waals surface area contributed by atoms with Crippen molar-refractivity contribution in [3.05, 3.63) is 59.7 Å². The Morgan fingerprint density at radius 3 is 2.39 bits per heavy atom. The molecule has 0 aliphatic rings. The van der Waals surface area contributed by atoms with Crippen LogP contribution in [0.25, 0.3) is 0 Å². The van der Waals surface area contributed by atoms with E-state index in [1.54, 1.807) is 18.2 Å². The van der Waals surface area contributed by atoms with Gasteiger partial charge in [0, 0.05) is 16.9 Å². The van der Waals surface area contributed by atoms with Gasteiger partial charge in [-0.2, -0.15) is 0 Å². The molecule has 0 saturated carbocycles. The zero-order chi connectivity index (χ0) is 16.8. The van der Waals surface area contributed by atoms with Crippen LogP contribution in [0.5, 0.6) is 0 Å². The Hall–Kier alpha value is -2.62. The van der Waals surface area contributed by atoms with E-state index >= 15 is 0 Å². The molecular weight excluding hydrogens is 288 g/mol. The average Bonchev–Trinajstić information content (AvgIpc) is 2.53. The van der Waals surface area contributed by atoms with Gasteiger partial charge < -0.3 is 10.6 Å². The van der Waals surface area contributed by atoms with Crippen LogP contribution in [0, 0.1) is 0 Å². The van der Waals surface area contributed by atoms with Crippen LogP contribution in [-0.4, -0.2) is 18.2 Å². The van der Waals surface area contributed by atoms with Crippen molar-refractivity contribution >= 4 is 23.1 Å². The molecule has 2 aromatic rings. The summed E-state index contributed by atoms with van der Waals surface area (Å²) in [6, 6.07) is 15.0. The Balaban J connectivity index is 1.94. The predicted molar refractivity (Wildman–Crippen MR) is 94.1 cm³/mol. The first-order chi connectivity index (χ1) is 11.0. The number of anilines is 2. The van der Waals surface area contributed by atoms with Crippen LogP contribution in [0.1, 0.15) is 42.6 Å². The second-order valence-electron chi connectivity index (χ2n) is 5.82. The number of carbonyl (C=O) groups is 2. The van der Waals surface area contributed by atoms with Crippen molar-refractivity contribution in [3.63, 3.8) is 0 Å². The summed E-state index contributed by atoms with van der Waals surface area (Å²) in [4.78, 5) is 23.4.